The van der Waals surface area contributed by atoms with Gasteiger partial charge in [-0.1, -0.05) is 78.3 Å². The summed E-state index contributed by atoms with van der Waals surface area (Å²) in [7, 11) is 1.62. The maximum Gasteiger partial charge on any atom is 0.338 e. The first kappa shape index (κ1) is 31.2. The van der Waals surface area contributed by atoms with Gasteiger partial charge in [-0.2, -0.15) is 4.98 Å². The van der Waals surface area contributed by atoms with Gasteiger partial charge in [0, 0.05) is 11.4 Å². The van der Waals surface area contributed by atoms with Gasteiger partial charge in [0.2, 0.25) is 11.1 Å². The van der Waals surface area contributed by atoms with E-state index in [4.69, 9.17) is 24.3 Å². The molecule has 1 unspecified atom stereocenters. The van der Waals surface area contributed by atoms with Crippen molar-refractivity contribution in [2.24, 2.45) is 0 Å². The highest BCUT2D eigenvalue weighted by Crippen LogP contribution is 2.44. The lowest BCUT2D eigenvalue weighted by molar-refractivity contribution is -0.146. The molecule has 45 heavy (non-hydrogen) atoms. The fraction of sp³-hybridized carbons (Fsp3) is 0.343. The molecular weight excluding hydrogens is 652 g/mol. The third kappa shape index (κ3) is 7.23. The van der Waals surface area contributed by atoms with E-state index < -0.39 is 6.04 Å². The Balaban J connectivity index is 1.35. The minimum absolute atomic E-state index is 0.0833. The number of anilines is 1. The summed E-state index contributed by atoms with van der Waals surface area (Å²) in [6.45, 7) is 4.34. The van der Waals surface area contributed by atoms with Crippen LogP contribution >= 0.6 is 27.7 Å². The van der Waals surface area contributed by atoms with Crippen molar-refractivity contribution in [3.63, 3.8) is 0 Å². The van der Waals surface area contributed by atoms with Gasteiger partial charge in [-0.05, 0) is 84.3 Å². The highest BCUT2D eigenvalue weighted by molar-refractivity contribution is 9.10. The zero-order valence-electron chi connectivity index (χ0n) is 25.7. The van der Waals surface area contributed by atoms with Crippen molar-refractivity contribution in [1.29, 1.82) is 0 Å². The van der Waals surface area contributed by atoms with Gasteiger partial charge in [0.15, 0.2) is 11.5 Å². The minimum atomic E-state index is -0.591. The molecule has 8 nitrogen and oxygen atoms in total. The van der Waals surface area contributed by atoms with Gasteiger partial charge in [0.1, 0.15) is 18.8 Å². The van der Waals surface area contributed by atoms with Gasteiger partial charge in [0.05, 0.1) is 17.2 Å². The normalized spacial score (nSPS) is 16.6. The fourth-order valence-corrected chi connectivity index (χ4v) is 7.24. The molecule has 0 amide bonds. The van der Waals surface area contributed by atoms with Crippen LogP contribution in [-0.4, -0.2) is 33.9 Å². The Hall–Kier alpha value is -3.76. The van der Waals surface area contributed by atoms with E-state index in [-0.39, 0.29) is 12.1 Å². The molecule has 1 N–H and O–H groups in total. The second kappa shape index (κ2) is 14.1. The summed E-state index contributed by atoms with van der Waals surface area (Å²) in [5, 5.41) is 8.85. The maximum absolute atomic E-state index is 13.9. The van der Waals surface area contributed by atoms with E-state index in [0.29, 0.717) is 45.0 Å². The number of ether oxygens (including phenoxy) is 3. The number of aromatic nitrogens is 3. The molecule has 0 saturated heterocycles. The smallest absolute Gasteiger partial charge is 0.338 e. The molecular formula is C35H37BrN4O4S. The van der Waals surface area contributed by atoms with Gasteiger partial charge in [-0.15, -0.1) is 5.10 Å². The van der Waals surface area contributed by atoms with Crippen LogP contribution in [0, 0.1) is 6.92 Å². The molecule has 0 bridgehead atoms. The first-order valence-electron chi connectivity index (χ1n) is 15.3. The van der Waals surface area contributed by atoms with E-state index in [1.165, 1.54) is 17.5 Å². The van der Waals surface area contributed by atoms with Crippen LogP contribution in [0.25, 0.3) is 0 Å². The zero-order chi connectivity index (χ0) is 31.3. The lowest BCUT2D eigenvalue weighted by atomic mass is 9.94. The average Bonchev–Trinajstić information content (AvgIpc) is 3.45. The number of hydrogen-bond acceptors (Lipinski definition) is 8. The lowest BCUT2D eigenvalue weighted by Gasteiger charge is -2.30. The Kier molecular flexibility index (Phi) is 9.80. The number of rotatable bonds is 10. The lowest BCUT2D eigenvalue weighted by Crippen LogP contribution is -2.32. The molecule has 1 saturated carbocycles. The van der Waals surface area contributed by atoms with Gasteiger partial charge in [0.25, 0.3) is 0 Å². The number of methoxy groups -OCH3 is 1. The number of carbonyl (C=O) groups is 1. The predicted octanol–water partition coefficient (Wildman–Crippen LogP) is 8.39. The van der Waals surface area contributed by atoms with Crippen LogP contribution < -0.4 is 14.8 Å². The van der Waals surface area contributed by atoms with Gasteiger partial charge >= 0.3 is 5.97 Å². The topological polar surface area (TPSA) is 87.5 Å². The second-order valence-electron chi connectivity index (χ2n) is 11.5. The van der Waals surface area contributed by atoms with Crippen molar-refractivity contribution >= 4 is 39.6 Å². The van der Waals surface area contributed by atoms with Crippen molar-refractivity contribution in [3.8, 4) is 11.5 Å². The number of halogens is 1. The summed E-state index contributed by atoms with van der Waals surface area (Å²) in [4.78, 5) is 18.7. The Morgan fingerprint density at radius 1 is 1.02 bits per heavy atom. The van der Waals surface area contributed by atoms with Crippen molar-refractivity contribution in [2.75, 3.05) is 12.4 Å². The van der Waals surface area contributed by atoms with Crippen molar-refractivity contribution < 1.29 is 19.0 Å². The summed E-state index contributed by atoms with van der Waals surface area (Å²) in [5.74, 6) is 2.08. The molecule has 1 fully saturated rings. The highest BCUT2D eigenvalue weighted by Gasteiger charge is 2.37. The van der Waals surface area contributed by atoms with Gasteiger partial charge < -0.3 is 19.5 Å². The predicted molar refractivity (Wildman–Crippen MR) is 180 cm³/mol. The largest absolute Gasteiger partial charge is 0.493 e. The molecule has 234 valence electrons. The fourth-order valence-electron chi connectivity index (χ4n) is 5.88. The third-order valence-corrected chi connectivity index (χ3v) is 9.62. The van der Waals surface area contributed by atoms with Gasteiger partial charge in [-0.3, -0.25) is 0 Å². The second-order valence-corrected chi connectivity index (χ2v) is 13.3. The number of fused-ring (bicyclic) bond motifs is 1. The molecule has 10 heteroatoms. The van der Waals surface area contributed by atoms with Crippen molar-refractivity contribution in [3.05, 3.63) is 105 Å². The first-order chi connectivity index (χ1) is 21.9. The number of nitrogens with one attached hydrogen (secondary N) is 1. The van der Waals surface area contributed by atoms with Crippen LogP contribution in [0.2, 0.25) is 0 Å². The first-order valence-corrected chi connectivity index (χ1v) is 17.0. The van der Waals surface area contributed by atoms with Crippen LogP contribution in [-0.2, 0) is 21.9 Å². The SMILES string of the molecule is COc1cc(C2C(C(=O)OC3CCCCC3)=C(C)Nc3nc(SCc4ccccc4)nn32)cc(Br)c1OCc1cccc(C)c1. The zero-order valence-corrected chi connectivity index (χ0v) is 28.1. The number of carbonyl (C=O) groups excluding carboxylic acids is 1. The van der Waals surface area contributed by atoms with E-state index in [1.807, 2.05) is 49.4 Å². The molecule has 3 aromatic carbocycles. The molecule has 2 aliphatic rings. The third-order valence-electron chi connectivity index (χ3n) is 8.12. The number of nitrogens with zero attached hydrogens (tertiary/aromatic N) is 3. The minimum Gasteiger partial charge on any atom is -0.493 e. The van der Waals surface area contributed by atoms with Crippen molar-refractivity contribution in [1.82, 2.24) is 14.8 Å². The Bertz CT molecular complexity index is 1700. The Morgan fingerprint density at radius 3 is 2.56 bits per heavy atom. The number of thioether (sulfide) groups is 1. The molecule has 4 aromatic rings. The number of aryl methyl sites for hydroxylation is 1. The maximum atomic E-state index is 13.9. The summed E-state index contributed by atoms with van der Waals surface area (Å²) in [6, 6.07) is 21.7. The summed E-state index contributed by atoms with van der Waals surface area (Å²) >= 11 is 5.29. The van der Waals surface area contributed by atoms with E-state index in [9.17, 15) is 4.79 Å². The van der Waals surface area contributed by atoms with Crippen molar-refractivity contribution in [2.45, 2.75) is 75.6 Å². The van der Waals surface area contributed by atoms with E-state index in [2.05, 4.69) is 52.4 Å². The number of allylic oxidation sites excluding steroid dienone is 1. The molecule has 1 aromatic heterocycles. The van der Waals surface area contributed by atoms with Crippen LogP contribution in [0.4, 0.5) is 5.95 Å². The molecule has 1 aliphatic carbocycles. The monoisotopic (exact) mass is 688 g/mol. The average molecular weight is 690 g/mol. The van der Waals surface area contributed by atoms with E-state index in [0.717, 1.165) is 42.6 Å². The van der Waals surface area contributed by atoms with Crippen LogP contribution in [0.15, 0.2) is 87.6 Å². The molecule has 6 rings (SSSR count). The van der Waals surface area contributed by atoms with Crippen LogP contribution in [0.3, 0.4) is 0 Å². The van der Waals surface area contributed by atoms with E-state index in [1.54, 1.807) is 23.6 Å². The Labute approximate surface area is 276 Å². The molecule has 1 aliphatic heterocycles. The number of esters is 1. The number of hydrogen-bond donors (Lipinski definition) is 1. The summed E-state index contributed by atoms with van der Waals surface area (Å²) < 4.78 is 20.7. The molecule has 0 spiro atoms. The summed E-state index contributed by atoms with van der Waals surface area (Å²) in [6.07, 6.45) is 5.01. The number of benzene rings is 3. The Morgan fingerprint density at radius 2 is 1.80 bits per heavy atom. The molecule has 1 atom stereocenters. The van der Waals surface area contributed by atoms with Gasteiger partial charge in [-0.25, -0.2) is 9.48 Å². The quantitative estimate of drug-likeness (QED) is 0.131. The molecule has 0 radical (unpaired) electrons. The highest BCUT2D eigenvalue weighted by atomic mass is 79.9. The van der Waals surface area contributed by atoms with Crippen LogP contribution in [0.1, 0.15) is 67.3 Å². The summed E-state index contributed by atoms with van der Waals surface area (Å²) in [5.41, 5.74) is 5.40. The van der Waals surface area contributed by atoms with Crippen LogP contribution in [0.5, 0.6) is 11.5 Å². The molecule has 2 heterocycles. The standard InChI is InChI=1S/C35H37BrN4O4S/c1-22-11-10-14-25(17-22)20-43-32-28(36)18-26(19-29(32)42-3)31-30(33(41)44-27-15-8-5-9-16-27)23(2)37-34-38-35(39-40(31)34)45-21-24-12-6-4-7-13-24/h4,6-7,10-14,17-19,27,31H,5,8-9,15-16,20-21H2,1-3H3,(H,37,38,39). The van der Waals surface area contributed by atoms with E-state index >= 15 is 0 Å².